The molecule has 0 saturated carbocycles. The Labute approximate surface area is 281 Å². The highest BCUT2D eigenvalue weighted by atomic mass is 14.7. The maximum absolute atomic E-state index is 5.06. The number of fused-ring (bicyclic) bond motifs is 7. The normalized spacial score (nSPS) is 13.5. The molecule has 0 unspecified atom stereocenters. The Hall–Kier alpha value is -5.79. The minimum Gasteiger partial charge on any atom is -0.253 e. The lowest BCUT2D eigenvalue weighted by molar-refractivity contribution is 0.658. The van der Waals surface area contributed by atoms with Crippen LogP contribution in [-0.2, 0) is 5.41 Å². The average molecular weight is 612 g/mol. The third kappa shape index (κ3) is 3.65. The number of pyridine rings is 1. The maximum Gasteiger partial charge on any atom is 0.0749 e. The second-order valence-corrected chi connectivity index (χ2v) is 13.9. The topological polar surface area (TPSA) is 12.9 Å². The van der Waals surface area contributed by atoms with Gasteiger partial charge in [-0.1, -0.05) is 147 Å². The fraction of sp³-hybridized carbons (Fsp3) is 0.0851. The highest BCUT2D eigenvalue weighted by Gasteiger charge is 2.37. The SMILES string of the molecule is Cc1ccc2c(n1)-c1cc(-c3ccc4c5c(cccc35)-c3c-4c(-c4ccccc4)c4ccccc4c3-c3ccccc3)ccc1C2(C)C. The third-order valence-electron chi connectivity index (χ3n) is 10.9. The Balaban J connectivity index is 1.29. The number of rotatable bonds is 3. The monoisotopic (exact) mass is 611 g/mol. The van der Waals surface area contributed by atoms with Crippen LogP contribution >= 0.6 is 0 Å². The van der Waals surface area contributed by atoms with Crippen molar-refractivity contribution in [3.8, 4) is 66.9 Å². The Morgan fingerprint density at radius 1 is 0.417 bits per heavy atom. The summed E-state index contributed by atoms with van der Waals surface area (Å²) in [6.45, 7) is 6.74. The van der Waals surface area contributed by atoms with Gasteiger partial charge in [-0.25, -0.2) is 0 Å². The summed E-state index contributed by atoms with van der Waals surface area (Å²) in [6, 6.07) is 54.0. The Morgan fingerprint density at radius 3 is 1.65 bits per heavy atom. The van der Waals surface area contributed by atoms with Gasteiger partial charge in [-0.05, 0) is 107 Å². The van der Waals surface area contributed by atoms with E-state index in [1.165, 1.54) is 93.9 Å². The van der Waals surface area contributed by atoms with Crippen molar-refractivity contribution in [2.24, 2.45) is 0 Å². The molecule has 1 heteroatoms. The predicted molar refractivity (Wildman–Crippen MR) is 202 cm³/mol. The molecular formula is C47H33N. The van der Waals surface area contributed by atoms with E-state index in [1.54, 1.807) is 0 Å². The van der Waals surface area contributed by atoms with Gasteiger partial charge in [-0.2, -0.15) is 0 Å². The van der Waals surface area contributed by atoms with Gasteiger partial charge in [-0.3, -0.25) is 4.98 Å². The Bertz CT molecular complexity index is 2530. The Kier molecular flexibility index (Phi) is 5.61. The molecule has 1 aromatic heterocycles. The fourth-order valence-electron chi connectivity index (χ4n) is 8.73. The molecule has 0 fully saturated rings. The van der Waals surface area contributed by atoms with E-state index in [9.17, 15) is 0 Å². The maximum atomic E-state index is 5.06. The largest absolute Gasteiger partial charge is 0.253 e. The third-order valence-corrected chi connectivity index (χ3v) is 10.9. The molecular weight excluding hydrogens is 579 g/mol. The second kappa shape index (κ2) is 9.86. The predicted octanol–water partition coefficient (Wildman–Crippen LogP) is 12.7. The molecule has 226 valence electrons. The van der Waals surface area contributed by atoms with E-state index in [1.807, 2.05) is 0 Å². The number of aromatic nitrogens is 1. The van der Waals surface area contributed by atoms with Gasteiger partial charge in [0.05, 0.1) is 5.69 Å². The molecule has 0 N–H and O–H groups in total. The number of hydrogen-bond donors (Lipinski definition) is 0. The standard InChI is InChI=1S/C47H33N/c1-28-21-25-40-46(48-28)38-27-31(22-26-39(38)47(40,2)3)32-23-24-37-43-33(32)19-12-20-36(43)44-41(29-13-6-4-7-14-29)34-17-10-11-18-35(34)42(45(37)44)30-15-8-5-9-16-30/h4-27H,1-3H3. The van der Waals surface area contributed by atoms with Gasteiger partial charge in [0.15, 0.2) is 0 Å². The molecule has 8 aromatic rings. The van der Waals surface area contributed by atoms with Gasteiger partial charge >= 0.3 is 0 Å². The van der Waals surface area contributed by atoms with E-state index in [0.717, 1.165) is 11.4 Å². The summed E-state index contributed by atoms with van der Waals surface area (Å²) in [7, 11) is 0. The molecule has 7 aromatic carbocycles. The molecule has 1 nitrogen and oxygen atoms in total. The summed E-state index contributed by atoms with van der Waals surface area (Å²) in [5, 5.41) is 5.20. The zero-order valence-corrected chi connectivity index (χ0v) is 27.3. The van der Waals surface area contributed by atoms with Crippen molar-refractivity contribution in [3.05, 3.63) is 162 Å². The minimum absolute atomic E-state index is 0.0722. The lowest BCUT2D eigenvalue weighted by Crippen LogP contribution is -2.15. The van der Waals surface area contributed by atoms with Crippen molar-refractivity contribution < 1.29 is 0 Å². The summed E-state index contributed by atoms with van der Waals surface area (Å²) < 4.78 is 0. The molecule has 1 heterocycles. The number of benzene rings is 7. The second-order valence-electron chi connectivity index (χ2n) is 13.9. The summed E-state index contributed by atoms with van der Waals surface area (Å²) in [5.74, 6) is 0. The van der Waals surface area contributed by atoms with Crippen molar-refractivity contribution in [2.45, 2.75) is 26.2 Å². The van der Waals surface area contributed by atoms with Crippen LogP contribution in [0.25, 0.3) is 88.4 Å². The van der Waals surface area contributed by atoms with Crippen LogP contribution in [0, 0.1) is 6.92 Å². The van der Waals surface area contributed by atoms with Crippen molar-refractivity contribution in [1.82, 2.24) is 4.98 Å². The van der Waals surface area contributed by atoms with Crippen LogP contribution < -0.4 is 0 Å². The molecule has 2 aliphatic rings. The molecule has 2 aliphatic carbocycles. The van der Waals surface area contributed by atoms with Crippen LogP contribution in [0.15, 0.2) is 146 Å². The van der Waals surface area contributed by atoms with Crippen LogP contribution in [0.4, 0.5) is 0 Å². The summed E-state index contributed by atoms with van der Waals surface area (Å²) in [5.41, 5.74) is 18.9. The molecule has 10 rings (SSSR count). The molecule has 0 aliphatic heterocycles. The van der Waals surface area contributed by atoms with E-state index >= 15 is 0 Å². The highest BCUT2D eigenvalue weighted by Crippen LogP contribution is 2.58. The first-order valence-corrected chi connectivity index (χ1v) is 16.9. The smallest absolute Gasteiger partial charge is 0.0749 e. The van der Waals surface area contributed by atoms with Crippen LogP contribution in [0.1, 0.15) is 30.7 Å². The first kappa shape index (κ1) is 27.3. The van der Waals surface area contributed by atoms with Crippen LogP contribution in [0.2, 0.25) is 0 Å². The number of nitrogens with zero attached hydrogens (tertiary/aromatic N) is 1. The molecule has 48 heavy (non-hydrogen) atoms. The van der Waals surface area contributed by atoms with Gasteiger partial charge in [0.25, 0.3) is 0 Å². The highest BCUT2D eigenvalue weighted by molar-refractivity contribution is 6.28. The van der Waals surface area contributed by atoms with Crippen LogP contribution in [-0.4, -0.2) is 4.98 Å². The lowest BCUT2D eigenvalue weighted by atomic mass is 9.82. The van der Waals surface area contributed by atoms with Crippen molar-refractivity contribution in [1.29, 1.82) is 0 Å². The van der Waals surface area contributed by atoms with Gasteiger partial charge < -0.3 is 0 Å². The van der Waals surface area contributed by atoms with Crippen LogP contribution in [0.3, 0.4) is 0 Å². The molecule has 0 radical (unpaired) electrons. The fourth-order valence-corrected chi connectivity index (χ4v) is 8.73. The van der Waals surface area contributed by atoms with E-state index in [0.29, 0.717) is 0 Å². The van der Waals surface area contributed by atoms with E-state index in [-0.39, 0.29) is 5.41 Å². The first-order valence-electron chi connectivity index (χ1n) is 16.9. The van der Waals surface area contributed by atoms with Gasteiger partial charge in [0.1, 0.15) is 0 Å². The molecule has 0 spiro atoms. The number of aryl methyl sites for hydroxylation is 1. The molecule has 0 amide bonds. The first-order chi connectivity index (χ1) is 23.5. The van der Waals surface area contributed by atoms with Crippen molar-refractivity contribution in [3.63, 3.8) is 0 Å². The zero-order chi connectivity index (χ0) is 32.1. The van der Waals surface area contributed by atoms with Crippen molar-refractivity contribution in [2.75, 3.05) is 0 Å². The van der Waals surface area contributed by atoms with E-state index < -0.39 is 0 Å². The molecule has 0 saturated heterocycles. The van der Waals surface area contributed by atoms with Gasteiger partial charge in [0.2, 0.25) is 0 Å². The quantitative estimate of drug-likeness (QED) is 0.194. The van der Waals surface area contributed by atoms with Gasteiger partial charge in [-0.15, -0.1) is 0 Å². The Morgan fingerprint density at radius 2 is 0.979 bits per heavy atom. The van der Waals surface area contributed by atoms with Crippen molar-refractivity contribution >= 4 is 21.5 Å². The summed E-state index contributed by atoms with van der Waals surface area (Å²) >= 11 is 0. The van der Waals surface area contributed by atoms with E-state index in [4.69, 9.17) is 4.98 Å². The van der Waals surface area contributed by atoms with Crippen LogP contribution in [0.5, 0.6) is 0 Å². The molecule has 0 atom stereocenters. The number of hydrogen-bond acceptors (Lipinski definition) is 1. The van der Waals surface area contributed by atoms with Gasteiger partial charge in [0, 0.05) is 16.7 Å². The molecule has 0 bridgehead atoms. The average Bonchev–Trinajstić information content (AvgIpc) is 3.56. The summed E-state index contributed by atoms with van der Waals surface area (Å²) in [4.78, 5) is 5.06. The minimum atomic E-state index is -0.0722. The lowest BCUT2D eigenvalue weighted by Gasteiger charge is -2.21. The summed E-state index contributed by atoms with van der Waals surface area (Å²) in [6.07, 6.45) is 0. The van der Waals surface area contributed by atoms with E-state index in [2.05, 4.69) is 166 Å². The zero-order valence-electron chi connectivity index (χ0n) is 27.3.